The molecule has 1 amide bonds. The molecule has 1 saturated carbocycles. The summed E-state index contributed by atoms with van der Waals surface area (Å²) in [7, 11) is 2.95. The van der Waals surface area contributed by atoms with Crippen LogP contribution in [0.5, 0.6) is 0 Å². The van der Waals surface area contributed by atoms with Crippen LogP contribution in [0.25, 0.3) is 0 Å². The van der Waals surface area contributed by atoms with Gasteiger partial charge < -0.3 is 5.32 Å². The highest BCUT2D eigenvalue weighted by atomic mass is 16.2. The molecule has 0 saturated heterocycles. The van der Waals surface area contributed by atoms with Crippen LogP contribution in [0.15, 0.2) is 15.7 Å². The van der Waals surface area contributed by atoms with Crippen LogP contribution in [0, 0.1) is 5.92 Å². The van der Waals surface area contributed by atoms with Crippen LogP contribution in [0.4, 0.5) is 5.82 Å². The minimum Gasteiger partial charge on any atom is -0.312 e. The first-order chi connectivity index (χ1) is 9.49. The van der Waals surface area contributed by atoms with E-state index in [0.717, 1.165) is 11.0 Å². The first kappa shape index (κ1) is 14.6. The summed E-state index contributed by atoms with van der Waals surface area (Å²) in [5, 5.41) is 2.65. The minimum absolute atomic E-state index is 0.139. The number of nitrogens with zero attached hydrogens (tertiary/aromatic N) is 2. The molecule has 1 heterocycles. The summed E-state index contributed by atoms with van der Waals surface area (Å²) in [4.78, 5) is 35.2. The van der Waals surface area contributed by atoms with Crippen LogP contribution in [0.1, 0.15) is 38.5 Å². The first-order valence-electron chi connectivity index (χ1n) is 7.06. The molecule has 0 aliphatic heterocycles. The van der Waals surface area contributed by atoms with Crippen LogP contribution in [-0.4, -0.2) is 15.0 Å². The molecule has 1 aromatic heterocycles. The van der Waals surface area contributed by atoms with Crippen LogP contribution in [0.3, 0.4) is 0 Å². The largest absolute Gasteiger partial charge is 0.332 e. The molecule has 0 radical (unpaired) electrons. The molecule has 0 bridgehead atoms. The number of carbonyl (C=O) groups excluding carboxylic acids is 1. The topological polar surface area (TPSA) is 73.1 Å². The van der Waals surface area contributed by atoms with Crippen LogP contribution in [0.2, 0.25) is 0 Å². The lowest BCUT2D eigenvalue weighted by atomic mass is 10.0. The third-order valence-corrected chi connectivity index (χ3v) is 4.05. The van der Waals surface area contributed by atoms with Crippen molar-refractivity contribution in [2.45, 2.75) is 38.5 Å². The summed E-state index contributed by atoms with van der Waals surface area (Å²) in [6, 6.07) is 1.27. The summed E-state index contributed by atoms with van der Waals surface area (Å²) in [5.74, 6) is 0.767. The van der Waals surface area contributed by atoms with Crippen molar-refractivity contribution in [3.63, 3.8) is 0 Å². The van der Waals surface area contributed by atoms with Gasteiger partial charge in [0.25, 0.3) is 5.56 Å². The Morgan fingerprint density at radius 2 is 1.90 bits per heavy atom. The second-order valence-corrected chi connectivity index (χ2v) is 5.51. The van der Waals surface area contributed by atoms with Gasteiger partial charge >= 0.3 is 5.69 Å². The summed E-state index contributed by atoms with van der Waals surface area (Å²) >= 11 is 0. The molecule has 6 heteroatoms. The van der Waals surface area contributed by atoms with Crippen molar-refractivity contribution in [1.29, 1.82) is 0 Å². The van der Waals surface area contributed by atoms with Gasteiger partial charge in [0, 0.05) is 26.6 Å². The maximum Gasteiger partial charge on any atom is 0.332 e. The monoisotopic (exact) mass is 279 g/mol. The quantitative estimate of drug-likeness (QED) is 0.893. The lowest BCUT2D eigenvalue weighted by Gasteiger charge is -2.12. The molecule has 1 N–H and O–H groups in total. The van der Waals surface area contributed by atoms with E-state index < -0.39 is 11.2 Å². The van der Waals surface area contributed by atoms with E-state index in [-0.39, 0.29) is 11.7 Å². The van der Waals surface area contributed by atoms with E-state index in [9.17, 15) is 14.4 Å². The van der Waals surface area contributed by atoms with E-state index >= 15 is 0 Å². The first-order valence-corrected chi connectivity index (χ1v) is 7.06. The fourth-order valence-corrected chi connectivity index (χ4v) is 2.69. The number of anilines is 1. The second kappa shape index (κ2) is 6.07. The van der Waals surface area contributed by atoms with Gasteiger partial charge in [-0.2, -0.15) is 0 Å². The molecule has 1 aliphatic rings. The average Bonchev–Trinajstić information content (AvgIpc) is 2.93. The number of aromatic nitrogens is 2. The number of amides is 1. The maximum atomic E-state index is 11.9. The Morgan fingerprint density at radius 1 is 1.25 bits per heavy atom. The fraction of sp³-hybridized carbons (Fsp3) is 0.643. The Hall–Kier alpha value is -1.85. The van der Waals surface area contributed by atoms with Crippen molar-refractivity contribution in [2.24, 2.45) is 20.0 Å². The SMILES string of the molecule is Cn1c(NC(=O)CCC2CCCC2)cc(=O)n(C)c1=O. The van der Waals surface area contributed by atoms with Gasteiger partial charge in [0.1, 0.15) is 5.82 Å². The summed E-state index contributed by atoms with van der Waals surface area (Å²) in [6.45, 7) is 0. The Labute approximate surface area is 117 Å². The molecule has 1 aromatic rings. The molecule has 110 valence electrons. The predicted molar refractivity (Wildman–Crippen MR) is 76.7 cm³/mol. The second-order valence-electron chi connectivity index (χ2n) is 5.51. The molecule has 0 unspecified atom stereocenters. The lowest BCUT2D eigenvalue weighted by Crippen LogP contribution is -2.38. The molecule has 1 fully saturated rings. The third-order valence-electron chi connectivity index (χ3n) is 4.05. The van der Waals surface area contributed by atoms with E-state index in [4.69, 9.17) is 0 Å². The maximum absolute atomic E-state index is 11.9. The van der Waals surface area contributed by atoms with Gasteiger partial charge in [0.05, 0.1) is 0 Å². The van der Waals surface area contributed by atoms with Gasteiger partial charge in [-0.25, -0.2) is 4.79 Å². The molecule has 2 rings (SSSR count). The molecular formula is C14H21N3O3. The molecule has 1 aliphatic carbocycles. The number of nitrogens with one attached hydrogen (secondary N) is 1. The van der Waals surface area contributed by atoms with Crippen molar-refractivity contribution >= 4 is 11.7 Å². The standard InChI is InChI=1S/C14H21N3O3/c1-16-11(9-13(19)17(2)14(16)20)15-12(18)8-7-10-5-3-4-6-10/h9-10H,3-8H2,1-2H3,(H,15,18). The summed E-state index contributed by atoms with van der Waals surface area (Å²) in [5.41, 5.74) is -0.859. The van der Waals surface area contributed by atoms with E-state index in [1.807, 2.05) is 0 Å². The molecule has 0 aromatic carbocycles. The van der Waals surface area contributed by atoms with Gasteiger partial charge in [0.2, 0.25) is 5.91 Å². The Morgan fingerprint density at radius 3 is 2.55 bits per heavy atom. The number of hydrogen-bond donors (Lipinski definition) is 1. The zero-order chi connectivity index (χ0) is 14.7. The van der Waals surface area contributed by atoms with Gasteiger partial charge in [0.15, 0.2) is 0 Å². The molecule has 20 heavy (non-hydrogen) atoms. The van der Waals surface area contributed by atoms with Gasteiger partial charge in [-0.3, -0.25) is 18.7 Å². The molecule has 0 spiro atoms. The smallest absolute Gasteiger partial charge is 0.312 e. The van der Waals surface area contributed by atoms with Crippen LogP contribution < -0.4 is 16.6 Å². The van der Waals surface area contributed by atoms with Crippen molar-refractivity contribution in [2.75, 3.05) is 5.32 Å². The Kier molecular flexibility index (Phi) is 4.42. The summed E-state index contributed by atoms with van der Waals surface area (Å²) in [6.07, 6.45) is 6.25. The van der Waals surface area contributed by atoms with Crippen molar-refractivity contribution in [1.82, 2.24) is 9.13 Å². The predicted octanol–water partition coefficient (Wildman–Crippen LogP) is 0.993. The van der Waals surface area contributed by atoms with Gasteiger partial charge in [-0.15, -0.1) is 0 Å². The minimum atomic E-state index is -0.441. The summed E-state index contributed by atoms with van der Waals surface area (Å²) < 4.78 is 2.28. The normalized spacial score (nSPS) is 15.5. The zero-order valence-corrected chi connectivity index (χ0v) is 12.0. The highest BCUT2D eigenvalue weighted by Crippen LogP contribution is 2.28. The molecule has 6 nitrogen and oxygen atoms in total. The van der Waals surface area contributed by atoms with E-state index in [1.54, 1.807) is 0 Å². The third kappa shape index (κ3) is 3.18. The fourth-order valence-electron chi connectivity index (χ4n) is 2.69. The average molecular weight is 279 g/mol. The number of carbonyl (C=O) groups is 1. The van der Waals surface area contributed by atoms with Crippen molar-refractivity contribution in [3.8, 4) is 0 Å². The van der Waals surface area contributed by atoms with E-state index in [1.165, 1.54) is 50.4 Å². The van der Waals surface area contributed by atoms with Gasteiger partial charge in [-0.1, -0.05) is 25.7 Å². The van der Waals surface area contributed by atoms with E-state index in [0.29, 0.717) is 12.3 Å². The van der Waals surface area contributed by atoms with Crippen molar-refractivity contribution < 1.29 is 4.79 Å². The highest BCUT2D eigenvalue weighted by molar-refractivity contribution is 5.89. The van der Waals surface area contributed by atoms with Gasteiger partial charge in [-0.05, 0) is 12.3 Å². The lowest BCUT2D eigenvalue weighted by molar-refractivity contribution is -0.116. The number of rotatable bonds is 4. The van der Waals surface area contributed by atoms with Crippen LogP contribution in [-0.2, 0) is 18.9 Å². The van der Waals surface area contributed by atoms with Crippen molar-refractivity contribution in [3.05, 3.63) is 26.9 Å². The number of hydrogen-bond acceptors (Lipinski definition) is 3. The Balaban J connectivity index is 2.00. The zero-order valence-electron chi connectivity index (χ0n) is 12.0. The Bertz CT molecular complexity index is 609. The van der Waals surface area contributed by atoms with E-state index in [2.05, 4.69) is 5.32 Å². The molecular weight excluding hydrogens is 258 g/mol. The van der Waals surface area contributed by atoms with Crippen LogP contribution >= 0.6 is 0 Å². The molecule has 0 atom stereocenters. The highest BCUT2D eigenvalue weighted by Gasteiger charge is 2.16.